The van der Waals surface area contributed by atoms with Gasteiger partial charge in [-0.15, -0.1) is 0 Å². The molecule has 4 heteroatoms. The third-order valence-electron chi connectivity index (χ3n) is 4.62. The van der Waals surface area contributed by atoms with E-state index in [1.165, 1.54) is 6.42 Å². The summed E-state index contributed by atoms with van der Waals surface area (Å²) in [5.74, 6) is 0.974. The van der Waals surface area contributed by atoms with Crippen LogP contribution in [0, 0.1) is 17.8 Å². The molecule has 2 rings (SSSR count). The predicted molar refractivity (Wildman–Crippen MR) is 80.7 cm³/mol. The number of aliphatic carboxylic acids is 1. The molecule has 0 spiro atoms. The molecule has 0 aromatic carbocycles. The first-order chi connectivity index (χ1) is 9.33. The zero-order chi connectivity index (χ0) is 14.9. The summed E-state index contributed by atoms with van der Waals surface area (Å²) < 4.78 is 0. The van der Waals surface area contributed by atoms with E-state index in [0.29, 0.717) is 24.3 Å². The molecular weight excluding hydrogens is 252 g/mol. The first-order valence-corrected chi connectivity index (χ1v) is 8.07. The summed E-state index contributed by atoms with van der Waals surface area (Å²) in [5.41, 5.74) is -0.745. The Morgan fingerprint density at radius 3 is 2.25 bits per heavy atom. The quantitative estimate of drug-likeness (QED) is 0.784. The average Bonchev–Trinajstić information content (AvgIpc) is 3.09. The fourth-order valence-corrected chi connectivity index (χ4v) is 3.96. The molecule has 116 valence electrons. The predicted octanol–water partition coefficient (Wildman–Crippen LogP) is 2.20. The Bertz CT molecular complexity index is 344. The Balaban J connectivity index is 2.12. The smallest absolute Gasteiger partial charge is 0.325 e. The van der Waals surface area contributed by atoms with Crippen LogP contribution in [0.1, 0.15) is 47.0 Å². The van der Waals surface area contributed by atoms with Crippen LogP contribution >= 0.6 is 0 Å². The van der Waals surface area contributed by atoms with E-state index in [4.69, 9.17) is 0 Å². The van der Waals surface area contributed by atoms with Gasteiger partial charge in [-0.1, -0.05) is 13.8 Å². The topological polar surface area (TPSA) is 52.6 Å². The molecule has 0 aromatic heterocycles. The number of piperidine rings is 1. The minimum absolute atomic E-state index is 0.200. The highest BCUT2D eigenvalue weighted by Crippen LogP contribution is 2.41. The molecule has 0 amide bonds. The van der Waals surface area contributed by atoms with Crippen molar-refractivity contribution in [2.45, 2.75) is 58.5 Å². The molecule has 2 N–H and O–H groups in total. The number of nitrogens with one attached hydrogen (secondary N) is 1. The normalized spacial score (nSPS) is 31.2. The van der Waals surface area contributed by atoms with Crippen LogP contribution < -0.4 is 5.32 Å². The van der Waals surface area contributed by atoms with Crippen molar-refractivity contribution < 1.29 is 9.90 Å². The molecule has 2 fully saturated rings. The summed E-state index contributed by atoms with van der Waals surface area (Å²) in [6.45, 7) is 11.4. The van der Waals surface area contributed by atoms with Crippen molar-refractivity contribution in [2.24, 2.45) is 17.8 Å². The Kier molecular flexibility index (Phi) is 4.75. The number of rotatable bonds is 6. The second-order valence-corrected chi connectivity index (χ2v) is 7.49. The Morgan fingerprint density at radius 2 is 1.85 bits per heavy atom. The number of carbonyl (C=O) groups is 1. The van der Waals surface area contributed by atoms with E-state index in [-0.39, 0.29) is 6.04 Å². The second kappa shape index (κ2) is 6.02. The van der Waals surface area contributed by atoms with Gasteiger partial charge in [-0.2, -0.15) is 0 Å². The van der Waals surface area contributed by atoms with Crippen molar-refractivity contribution in [3.05, 3.63) is 0 Å². The summed E-state index contributed by atoms with van der Waals surface area (Å²) in [7, 11) is 0. The lowest BCUT2D eigenvalue weighted by atomic mass is 9.87. The van der Waals surface area contributed by atoms with Gasteiger partial charge in [0.25, 0.3) is 0 Å². The van der Waals surface area contributed by atoms with Crippen molar-refractivity contribution in [2.75, 3.05) is 19.6 Å². The maximum absolute atomic E-state index is 12.0. The van der Waals surface area contributed by atoms with Gasteiger partial charge in [0.05, 0.1) is 0 Å². The highest BCUT2D eigenvalue weighted by Gasteiger charge is 2.52. The van der Waals surface area contributed by atoms with Crippen molar-refractivity contribution in [1.29, 1.82) is 0 Å². The summed E-state index contributed by atoms with van der Waals surface area (Å²) >= 11 is 0. The van der Waals surface area contributed by atoms with Crippen LogP contribution in [0.25, 0.3) is 0 Å². The molecule has 0 radical (unpaired) electrons. The van der Waals surface area contributed by atoms with Crippen LogP contribution in [-0.2, 0) is 4.79 Å². The van der Waals surface area contributed by atoms with Gasteiger partial charge in [-0.05, 0) is 50.9 Å². The van der Waals surface area contributed by atoms with Gasteiger partial charge in [0, 0.05) is 25.7 Å². The molecule has 1 heterocycles. The van der Waals surface area contributed by atoms with Crippen LogP contribution in [0.3, 0.4) is 0 Å². The monoisotopic (exact) mass is 282 g/mol. The lowest BCUT2D eigenvalue weighted by molar-refractivity contribution is -0.147. The first kappa shape index (κ1) is 15.8. The highest BCUT2D eigenvalue weighted by molar-refractivity contribution is 5.80. The van der Waals surface area contributed by atoms with Crippen molar-refractivity contribution in [3.63, 3.8) is 0 Å². The van der Waals surface area contributed by atoms with E-state index in [1.54, 1.807) is 0 Å². The molecule has 1 saturated heterocycles. The van der Waals surface area contributed by atoms with Gasteiger partial charge in [0.15, 0.2) is 0 Å². The third-order valence-corrected chi connectivity index (χ3v) is 4.62. The Labute approximate surface area is 122 Å². The lowest BCUT2D eigenvalue weighted by Gasteiger charge is -2.42. The van der Waals surface area contributed by atoms with Gasteiger partial charge < -0.3 is 10.0 Å². The van der Waals surface area contributed by atoms with E-state index >= 15 is 0 Å². The van der Waals surface area contributed by atoms with Gasteiger partial charge in [-0.25, -0.2) is 0 Å². The van der Waals surface area contributed by atoms with Crippen molar-refractivity contribution in [1.82, 2.24) is 10.2 Å². The van der Waals surface area contributed by atoms with Crippen LogP contribution in [0.2, 0.25) is 0 Å². The van der Waals surface area contributed by atoms with Crippen LogP contribution in [0.15, 0.2) is 0 Å². The largest absolute Gasteiger partial charge is 0.480 e. The van der Waals surface area contributed by atoms with Gasteiger partial charge in [0.2, 0.25) is 0 Å². The van der Waals surface area contributed by atoms with E-state index in [0.717, 1.165) is 25.9 Å². The second-order valence-electron chi connectivity index (χ2n) is 7.49. The van der Waals surface area contributed by atoms with E-state index < -0.39 is 11.5 Å². The number of hydrogen-bond acceptors (Lipinski definition) is 3. The number of hydrogen-bond donors (Lipinski definition) is 2. The minimum Gasteiger partial charge on any atom is -0.480 e. The molecule has 3 atom stereocenters. The summed E-state index contributed by atoms with van der Waals surface area (Å²) in [5, 5.41) is 13.2. The van der Waals surface area contributed by atoms with E-state index in [9.17, 15) is 9.90 Å². The Morgan fingerprint density at radius 1 is 1.30 bits per heavy atom. The molecule has 0 aromatic rings. The summed E-state index contributed by atoms with van der Waals surface area (Å²) in [6.07, 6.45) is 3.35. The van der Waals surface area contributed by atoms with Gasteiger partial charge in [0.1, 0.15) is 5.54 Å². The number of likely N-dealkylation sites (tertiary alicyclic amines) is 1. The summed E-state index contributed by atoms with van der Waals surface area (Å²) in [4.78, 5) is 14.4. The first-order valence-electron chi connectivity index (χ1n) is 8.07. The van der Waals surface area contributed by atoms with Crippen molar-refractivity contribution in [3.8, 4) is 0 Å². The lowest BCUT2D eigenvalue weighted by Crippen LogP contribution is -2.63. The maximum Gasteiger partial charge on any atom is 0.325 e. The zero-order valence-corrected chi connectivity index (χ0v) is 13.4. The molecule has 3 unspecified atom stereocenters. The maximum atomic E-state index is 12.0. The summed E-state index contributed by atoms with van der Waals surface area (Å²) in [6, 6.07) is 0.200. The molecular formula is C16H30N2O2. The Hall–Kier alpha value is -0.610. The van der Waals surface area contributed by atoms with Crippen LogP contribution in [0.4, 0.5) is 0 Å². The standard InChI is InChI=1S/C16H30N2O2/c1-11(2)17-16(15(19)20,14-5-6-14)10-18-8-12(3)7-13(4)9-18/h11-14,17H,5-10H2,1-4H3,(H,19,20). The molecule has 1 aliphatic carbocycles. The fourth-order valence-electron chi connectivity index (χ4n) is 3.96. The van der Waals surface area contributed by atoms with E-state index in [2.05, 4.69) is 24.1 Å². The molecule has 20 heavy (non-hydrogen) atoms. The minimum atomic E-state index is -0.745. The fraction of sp³-hybridized carbons (Fsp3) is 0.938. The van der Waals surface area contributed by atoms with Crippen LogP contribution in [-0.4, -0.2) is 47.2 Å². The molecule has 2 aliphatic rings. The molecule has 1 saturated carbocycles. The van der Waals surface area contributed by atoms with Gasteiger partial charge in [-0.3, -0.25) is 10.1 Å². The number of nitrogens with zero attached hydrogens (tertiary/aromatic N) is 1. The van der Waals surface area contributed by atoms with Crippen molar-refractivity contribution >= 4 is 5.97 Å². The molecule has 0 bridgehead atoms. The number of carboxylic acid groups (broad SMARTS) is 1. The van der Waals surface area contributed by atoms with Crippen LogP contribution in [0.5, 0.6) is 0 Å². The molecule has 4 nitrogen and oxygen atoms in total. The van der Waals surface area contributed by atoms with E-state index in [1.807, 2.05) is 13.8 Å². The zero-order valence-electron chi connectivity index (χ0n) is 13.4. The molecule has 1 aliphatic heterocycles. The average molecular weight is 282 g/mol. The highest BCUT2D eigenvalue weighted by atomic mass is 16.4. The van der Waals surface area contributed by atoms with Gasteiger partial charge >= 0.3 is 5.97 Å². The third kappa shape index (κ3) is 3.53. The number of carboxylic acids is 1. The SMILES string of the molecule is CC1CC(C)CN(CC(NC(C)C)(C(=O)O)C2CC2)C1.